The summed E-state index contributed by atoms with van der Waals surface area (Å²) in [4.78, 5) is 13.0. The summed E-state index contributed by atoms with van der Waals surface area (Å²) in [7, 11) is 0. The van der Waals surface area contributed by atoms with Crippen molar-refractivity contribution in [3.63, 3.8) is 0 Å². The minimum Gasteiger partial charge on any atom is -0.394 e. The van der Waals surface area contributed by atoms with E-state index in [4.69, 9.17) is 9.47 Å². The average molecular weight is 746 g/mol. The fourth-order valence-corrected chi connectivity index (χ4v) is 6.73. The van der Waals surface area contributed by atoms with Gasteiger partial charge in [-0.25, -0.2) is 0 Å². The van der Waals surface area contributed by atoms with Crippen molar-refractivity contribution in [3.8, 4) is 0 Å². The number of carbonyl (C=O) groups excluding carboxylic acids is 1. The summed E-state index contributed by atoms with van der Waals surface area (Å²) in [5, 5.41) is 75.2. The number of aliphatic hydroxyl groups is 7. The van der Waals surface area contributed by atoms with Crippen LogP contribution in [0.3, 0.4) is 0 Å². The first kappa shape index (κ1) is 48.9. The topological polar surface area (TPSA) is 189 Å². The van der Waals surface area contributed by atoms with Gasteiger partial charge in [-0.2, -0.15) is 0 Å². The lowest BCUT2D eigenvalue weighted by Crippen LogP contribution is -2.60. The first-order valence-corrected chi connectivity index (χ1v) is 21.1. The van der Waals surface area contributed by atoms with E-state index in [1.165, 1.54) is 96.3 Å². The lowest BCUT2D eigenvalue weighted by Gasteiger charge is -2.40. The van der Waals surface area contributed by atoms with Crippen LogP contribution in [0.4, 0.5) is 0 Å². The molecule has 0 aromatic carbocycles. The lowest BCUT2D eigenvalue weighted by molar-refractivity contribution is -0.303. The molecule has 1 amide bonds. The van der Waals surface area contributed by atoms with Gasteiger partial charge in [-0.3, -0.25) is 4.79 Å². The Labute approximate surface area is 315 Å². The van der Waals surface area contributed by atoms with Crippen molar-refractivity contribution in [2.75, 3.05) is 13.2 Å². The molecule has 52 heavy (non-hydrogen) atoms. The van der Waals surface area contributed by atoms with Crippen LogP contribution >= 0.6 is 0 Å². The van der Waals surface area contributed by atoms with Gasteiger partial charge in [0.15, 0.2) is 6.29 Å². The molecule has 8 N–H and O–H groups in total. The molecule has 9 unspecified atom stereocenters. The number of carbonyl (C=O) groups is 1. The van der Waals surface area contributed by atoms with E-state index in [1.54, 1.807) is 0 Å². The molecule has 1 aliphatic heterocycles. The predicted octanol–water partition coefficient (Wildman–Crippen LogP) is 5.72. The van der Waals surface area contributed by atoms with Gasteiger partial charge in [0.05, 0.1) is 25.4 Å². The Morgan fingerprint density at radius 3 is 1.65 bits per heavy atom. The van der Waals surface area contributed by atoms with Gasteiger partial charge in [-0.05, 0) is 38.5 Å². The van der Waals surface area contributed by atoms with Crippen LogP contribution in [0.2, 0.25) is 0 Å². The van der Waals surface area contributed by atoms with E-state index in [1.807, 2.05) is 0 Å². The van der Waals surface area contributed by atoms with Crippen molar-refractivity contribution in [3.05, 3.63) is 12.2 Å². The molecule has 0 saturated carbocycles. The van der Waals surface area contributed by atoms with Gasteiger partial charge in [0.25, 0.3) is 0 Å². The third-order valence-corrected chi connectivity index (χ3v) is 10.3. The average Bonchev–Trinajstić information content (AvgIpc) is 3.14. The molecular formula is C41H79NO10. The van der Waals surface area contributed by atoms with E-state index >= 15 is 0 Å². The first-order valence-electron chi connectivity index (χ1n) is 21.1. The Morgan fingerprint density at radius 2 is 1.13 bits per heavy atom. The smallest absolute Gasteiger partial charge is 0.249 e. The number of nitrogens with one attached hydrogen (secondary N) is 1. The van der Waals surface area contributed by atoms with Crippen molar-refractivity contribution in [1.82, 2.24) is 5.32 Å². The SMILES string of the molecule is CCCCCC/C=C/CCCC(O)C(O)C(COC1OC(CO)C(O)C(O)C1O)NC(=O)C(O)CCCCCCCCCCCCCCCCCC. The molecule has 0 spiro atoms. The summed E-state index contributed by atoms with van der Waals surface area (Å²) in [6, 6.07) is -1.18. The van der Waals surface area contributed by atoms with Crippen LogP contribution in [0, 0.1) is 0 Å². The van der Waals surface area contributed by atoms with Gasteiger partial charge in [0.2, 0.25) is 5.91 Å². The van der Waals surface area contributed by atoms with E-state index in [0.717, 1.165) is 38.5 Å². The zero-order chi connectivity index (χ0) is 38.4. The van der Waals surface area contributed by atoms with Crippen LogP contribution < -0.4 is 5.32 Å². The highest BCUT2D eigenvalue weighted by Crippen LogP contribution is 2.23. The number of allylic oxidation sites excluding steroid dienone is 2. The second kappa shape index (κ2) is 32.1. The molecule has 0 aliphatic carbocycles. The second-order valence-electron chi connectivity index (χ2n) is 15.1. The van der Waals surface area contributed by atoms with Gasteiger partial charge in [0.1, 0.15) is 36.6 Å². The standard InChI is InChI=1S/C41H79NO10/c1-3-5-7-9-11-13-14-15-16-17-18-19-21-23-25-27-29-34(45)40(50)42-32(31-51-41-39(49)38(48)37(47)35(30-43)52-41)36(46)33(44)28-26-24-22-20-12-10-8-6-4-2/h20,22,32-39,41,43-49H,3-19,21,23-31H2,1-2H3,(H,42,50)/b22-20+. The molecule has 0 aromatic heterocycles. The Balaban J connectivity index is 2.48. The predicted molar refractivity (Wildman–Crippen MR) is 206 cm³/mol. The fourth-order valence-electron chi connectivity index (χ4n) is 6.73. The number of hydrogen-bond donors (Lipinski definition) is 8. The van der Waals surface area contributed by atoms with Crippen molar-refractivity contribution in [1.29, 1.82) is 0 Å². The zero-order valence-corrected chi connectivity index (χ0v) is 32.8. The minimum atomic E-state index is -1.66. The molecule has 1 rings (SSSR count). The molecule has 0 aromatic rings. The Kier molecular flexibility index (Phi) is 30.2. The van der Waals surface area contributed by atoms with Crippen molar-refractivity contribution < 1.29 is 50.0 Å². The highest BCUT2D eigenvalue weighted by Gasteiger charge is 2.44. The largest absolute Gasteiger partial charge is 0.394 e. The van der Waals surface area contributed by atoms with Crippen LogP contribution in [0.5, 0.6) is 0 Å². The van der Waals surface area contributed by atoms with Gasteiger partial charge < -0.3 is 50.5 Å². The van der Waals surface area contributed by atoms with Gasteiger partial charge in [0, 0.05) is 0 Å². The van der Waals surface area contributed by atoms with Crippen molar-refractivity contribution in [2.24, 2.45) is 0 Å². The molecule has 0 radical (unpaired) electrons. The highest BCUT2D eigenvalue weighted by atomic mass is 16.7. The Morgan fingerprint density at radius 1 is 0.654 bits per heavy atom. The normalized spacial score (nSPS) is 23.1. The highest BCUT2D eigenvalue weighted by molar-refractivity contribution is 5.80. The summed E-state index contributed by atoms with van der Waals surface area (Å²) in [5.74, 6) is -0.708. The number of amides is 1. The molecule has 11 heteroatoms. The van der Waals surface area contributed by atoms with Crippen molar-refractivity contribution >= 4 is 5.91 Å². The van der Waals surface area contributed by atoms with Crippen LogP contribution in [0.15, 0.2) is 12.2 Å². The second-order valence-corrected chi connectivity index (χ2v) is 15.1. The van der Waals surface area contributed by atoms with Crippen LogP contribution in [-0.4, -0.2) is 110 Å². The molecule has 1 saturated heterocycles. The monoisotopic (exact) mass is 746 g/mol. The van der Waals surface area contributed by atoms with Crippen LogP contribution in [-0.2, 0) is 14.3 Å². The number of hydrogen-bond acceptors (Lipinski definition) is 10. The third kappa shape index (κ3) is 22.3. The van der Waals surface area contributed by atoms with Crippen LogP contribution in [0.25, 0.3) is 0 Å². The molecule has 1 aliphatic rings. The molecule has 11 nitrogen and oxygen atoms in total. The maximum Gasteiger partial charge on any atom is 0.249 e. The molecule has 308 valence electrons. The summed E-state index contributed by atoms with van der Waals surface area (Å²) >= 11 is 0. The Bertz CT molecular complexity index is 861. The maximum absolute atomic E-state index is 13.0. The molecule has 1 fully saturated rings. The third-order valence-electron chi connectivity index (χ3n) is 10.3. The summed E-state index contributed by atoms with van der Waals surface area (Å²) in [5.41, 5.74) is 0. The van der Waals surface area contributed by atoms with E-state index in [9.17, 15) is 40.5 Å². The Hall–Kier alpha value is -1.15. The first-order chi connectivity index (χ1) is 25.2. The molecule has 1 heterocycles. The maximum atomic E-state index is 13.0. The summed E-state index contributed by atoms with van der Waals surface area (Å²) in [6.07, 6.45) is 20.0. The van der Waals surface area contributed by atoms with E-state index in [0.29, 0.717) is 12.8 Å². The van der Waals surface area contributed by atoms with Gasteiger partial charge in [-0.15, -0.1) is 0 Å². The summed E-state index contributed by atoms with van der Waals surface area (Å²) in [6.45, 7) is 3.36. The zero-order valence-electron chi connectivity index (χ0n) is 32.8. The number of aliphatic hydroxyl groups excluding tert-OH is 7. The number of unbranched alkanes of at least 4 members (excludes halogenated alkanes) is 20. The van der Waals surface area contributed by atoms with E-state index in [2.05, 4.69) is 31.3 Å². The molecular weight excluding hydrogens is 666 g/mol. The van der Waals surface area contributed by atoms with E-state index < -0.39 is 74.2 Å². The van der Waals surface area contributed by atoms with Crippen LogP contribution in [0.1, 0.15) is 174 Å². The number of ether oxygens (including phenoxy) is 2. The fraction of sp³-hybridized carbons (Fsp3) is 0.927. The van der Waals surface area contributed by atoms with E-state index in [-0.39, 0.29) is 12.8 Å². The summed E-state index contributed by atoms with van der Waals surface area (Å²) < 4.78 is 11.0. The van der Waals surface area contributed by atoms with Gasteiger partial charge in [-0.1, -0.05) is 148 Å². The van der Waals surface area contributed by atoms with Crippen molar-refractivity contribution in [2.45, 2.75) is 229 Å². The lowest BCUT2D eigenvalue weighted by atomic mass is 9.98. The van der Waals surface area contributed by atoms with Gasteiger partial charge >= 0.3 is 0 Å². The number of rotatable bonds is 34. The molecule has 0 bridgehead atoms. The quantitative estimate of drug-likeness (QED) is 0.0299. The minimum absolute atomic E-state index is 0.258. The molecule has 9 atom stereocenters.